The first-order chi connectivity index (χ1) is 11.9. The lowest BCUT2D eigenvalue weighted by molar-refractivity contribution is -0.159. The van der Waals surface area contributed by atoms with E-state index in [1.54, 1.807) is 0 Å². The molecular formula is C20H25NO4. The molecule has 0 aliphatic heterocycles. The third-order valence-corrected chi connectivity index (χ3v) is 4.81. The summed E-state index contributed by atoms with van der Waals surface area (Å²) in [7, 11) is 0. The average molecular weight is 343 g/mol. The van der Waals surface area contributed by atoms with Crippen molar-refractivity contribution in [2.75, 3.05) is 6.61 Å². The normalized spacial score (nSPS) is 22.9. The van der Waals surface area contributed by atoms with Crippen LogP contribution in [0.25, 0.3) is 0 Å². The van der Waals surface area contributed by atoms with Gasteiger partial charge in [-0.1, -0.05) is 27.2 Å². The number of nitrogens with zero attached hydrogens (tertiary/aromatic N) is 1. The monoisotopic (exact) mass is 343 g/mol. The fourth-order valence-corrected chi connectivity index (χ4v) is 3.34. The molecule has 1 aliphatic rings. The van der Waals surface area contributed by atoms with Gasteiger partial charge in [-0.25, -0.2) is 9.59 Å². The van der Waals surface area contributed by atoms with Crippen molar-refractivity contribution >= 4 is 11.9 Å². The molecule has 134 valence electrons. The maximum absolute atomic E-state index is 12.1. The molecule has 2 rings (SSSR count). The summed E-state index contributed by atoms with van der Waals surface area (Å²) in [5, 5.41) is 8.75. The fourth-order valence-electron chi connectivity index (χ4n) is 3.34. The molecular weight excluding hydrogens is 318 g/mol. The van der Waals surface area contributed by atoms with Crippen LogP contribution in [0.15, 0.2) is 24.3 Å². The van der Waals surface area contributed by atoms with Crippen LogP contribution < -0.4 is 0 Å². The standard InChI is InChI=1S/C20H25NO4/c1-13(2)17-9-4-14(3)10-18(17)25-19(22)12-24-20(23)16-7-5-15(11-21)6-8-16/h5-8,13-14,17-18H,4,9-10,12H2,1-3H3. The first-order valence-electron chi connectivity index (χ1n) is 8.77. The molecule has 0 heterocycles. The highest BCUT2D eigenvalue weighted by Gasteiger charge is 2.33. The maximum atomic E-state index is 12.1. The Kier molecular flexibility index (Phi) is 6.58. The summed E-state index contributed by atoms with van der Waals surface area (Å²) in [4.78, 5) is 24.0. The smallest absolute Gasteiger partial charge is 0.344 e. The number of esters is 2. The van der Waals surface area contributed by atoms with Crippen LogP contribution in [0.5, 0.6) is 0 Å². The van der Waals surface area contributed by atoms with E-state index in [2.05, 4.69) is 20.8 Å². The van der Waals surface area contributed by atoms with E-state index in [1.165, 1.54) is 24.3 Å². The summed E-state index contributed by atoms with van der Waals surface area (Å²) >= 11 is 0. The summed E-state index contributed by atoms with van der Waals surface area (Å²) < 4.78 is 10.6. The molecule has 3 unspecified atom stereocenters. The quantitative estimate of drug-likeness (QED) is 0.762. The SMILES string of the molecule is CC1CCC(C(C)C)C(OC(=O)COC(=O)c2ccc(C#N)cc2)C1. The van der Waals surface area contributed by atoms with Crippen molar-refractivity contribution in [3.63, 3.8) is 0 Å². The van der Waals surface area contributed by atoms with Gasteiger partial charge in [0.1, 0.15) is 6.10 Å². The van der Waals surface area contributed by atoms with Gasteiger partial charge in [-0.2, -0.15) is 5.26 Å². The van der Waals surface area contributed by atoms with Gasteiger partial charge >= 0.3 is 11.9 Å². The van der Waals surface area contributed by atoms with Crippen LogP contribution in [-0.4, -0.2) is 24.6 Å². The summed E-state index contributed by atoms with van der Waals surface area (Å²) in [5.74, 6) is 0.237. The number of hydrogen-bond acceptors (Lipinski definition) is 5. The largest absolute Gasteiger partial charge is 0.460 e. The van der Waals surface area contributed by atoms with Crippen molar-refractivity contribution in [1.29, 1.82) is 5.26 Å². The second kappa shape index (κ2) is 8.66. The van der Waals surface area contributed by atoms with Crippen LogP contribution in [0.1, 0.15) is 56.0 Å². The molecule has 0 spiro atoms. The number of nitriles is 1. The van der Waals surface area contributed by atoms with Crippen molar-refractivity contribution in [2.45, 2.75) is 46.1 Å². The van der Waals surface area contributed by atoms with Gasteiger partial charge in [0, 0.05) is 0 Å². The lowest BCUT2D eigenvalue weighted by atomic mass is 9.75. The molecule has 25 heavy (non-hydrogen) atoms. The van der Waals surface area contributed by atoms with Gasteiger partial charge in [-0.15, -0.1) is 0 Å². The van der Waals surface area contributed by atoms with Crippen molar-refractivity contribution < 1.29 is 19.1 Å². The molecule has 0 N–H and O–H groups in total. The number of ether oxygens (including phenoxy) is 2. The Morgan fingerprint density at radius 3 is 2.52 bits per heavy atom. The number of benzene rings is 1. The van der Waals surface area contributed by atoms with E-state index in [1.807, 2.05) is 6.07 Å². The lowest BCUT2D eigenvalue weighted by Gasteiger charge is -2.36. The van der Waals surface area contributed by atoms with Crippen molar-refractivity contribution in [3.05, 3.63) is 35.4 Å². The minimum Gasteiger partial charge on any atom is -0.460 e. The van der Waals surface area contributed by atoms with E-state index >= 15 is 0 Å². The van der Waals surface area contributed by atoms with Crippen LogP contribution in [0, 0.1) is 29.1 Å². The third kappa shape index (κ3) is 5.32. The Bertz CT molecular complexity index is 645. The number of carbonyl (C=O) groups is 2. The molecule has 1 aromatic carbocycles. The molecule has 0 radical (unpaired) electrons. The average Bonchev–Trinajstić information content (AvgIpc) is 2.59. The second-order valence-electron chi connectivity index (χ2n) is 7.12. The first-order valence-corrected chi connectivity index (χ1v) is 8.77. The van der Waals surface area contributed by atoms with Crippen LogP contribution in [0.2, 0.25) is 0 Å². The van der Waals surface area contributed by atoms with E-state index in [0.717, 1.165) is 19.3 Å². The molecule has 0 saturated heterocycles. The highest BCUT2D eigenvalue weighted by Crippen LogP contribution is 2.35. The van der Waals surface area contributed by atoms with E-state index < -0.39 is 18.5 Å². The van der Waals surface area contributed by atoms with E-state index in [-0.39, 0.29) is 6.10 Å². The Labute approximate surface area is 148 Å². The van der Waals surface area contributed by atoms with Gasteiger partial charge < -0.3 is 9.47 Å². The third-order valence-electron chi connectivity index (χ3n) is 4.81. The van der Waals surface area contributed by atoms with Crippen LogP contribution in [-0.2, 0) is 14.3 Å². The molecule has 0 aromatic heterocycles. The van der Waals surface area contributed by atoms with Gasteiger partial charge in [0.15, 0.2) is 6.61 Å². The van der Waals surface area contributed by atoms with E-state index in [9.17, 15) is 9.59 Å². The Morgan fingerprint density at radius 2 is 1.92 bits per heavy atom. The molecule has 3 atom stereocenters. The molecule has 0 amide bonds. The Hall–Kier alpha value is -2.35. The van der Waals surface area contributed by atoms with Crippen LogP contribution >= 0.6 is 0 Å². The molecule has 1 aromatic rings. The predicted molar refractivity (Wildman–Crippen MR) is 92.7 cm³/mol. The molecule has 5 nitrogen and oxygen atoms in total. The summed E-state index contributed by atoms with van der Waals surface area (Å²) in [6.07, 6.45) is 2.97. The Morgan fingerprint density at radius 1 is 1.24 bits per heavy atom. The van der Waals surface area contributed by atoms with Gasteiger partial charge in [-0.3, -0.25) is 0 Å². The first kappa shape index (κ1) is 19.0. The maximum Gasteiger partial charge on any atom is 0.344 e. The number of hydrogen-bond donors (Lipinski definition) is 0. The zero-order valence-corrected chi connectivity index (χ0v) is 15.0. The highest BCUT2D eigenvalue weighted by atomic mass is 16.6. The highest BCUT2D eigenvalue weighted by molar-refractivity contribution is 5.90. The van der Waals surface area contributed by atoms with E-state index in [0.29, 0.717) is 28.9 Å². The minimum atomic E-state index is -0.598. The van der Waals surface area contributed by atoms with Gasteiger partial charge in [-0.05, 0) is 54.9 Å². The van der Waals surface area contributed by atoms with Crippen molar-refractivity contribution in [3.8, 4) is 6.07 Å². The van der Waals surface area contributed by atoms with Crippen LogP contribution in [0.4, 0.5) is 0 Å². The fraction of sp³-hybridized carbons (Fsp3) is 0.550. The second-order valence-corrected chi connectivity index (χ2v) is 7.12. The Balaban J connectivity index is 1.86. The topological polar surface area (TPSA) is 76.4 Å². The zero-order chi connectivity index (χ0) is 18.4. The number of carbonyl (C=O) groups excluding carboxylic acids is 2. The zero-order valence-electron chi connectivity index (χ0n) is 15.0. The van der Waals surface area contributed by atoms with Gasteiger partial charge in [0.25, 0.3) is 0 Å². The van der Waals surface area contributed by atoms with Crippen molar-refractivity contribution in [1.82, 2.24) is 0 Å². The minimum absolute atomic E-state index is 0.107. The molecule has 1 saturated carbocycles. The van der Waals surface area contributed by atoms with Gasteiger partial charge in [0.05, 0.1) is 17.2 Å². The summed E-state index contributed by atoms with van der Waals surface area (Å²) in [5.41, 5.74) is 0.764. The summed E-state index contributed by atoms with van der Waals surface area (Å²) in [6.45, 7) is 6.07. The molecule has 0 bridgehead atoms. The molecule has 5 heteroatoms. The predicted octanol–water partition coefficient (Wildman–Crippen LogP) is 3.72. The lowest BCUT2D eigenvalue weighted by Crippen LogP contribution is -2.36. The van der Waals surface area contributed by atoms with Crippen molar-refractivity contribution in [2.24, 2.45) is 17.8 Å². The van der Waals surface area contributed by atoms with Crippen LogP contribution in [0.3, 0.4) is 0 Å². The van der Waals surface area contributed by atoms with Gasteiger partial charge in [0.2, 0.25) is 0 Å². The summed E-state index contributed by atoms with van der Waals surface area (Å²) in [6, 6.07) is 8.05. The molecule has 1 fully saturated rings. The molecule has 1 aliphatic carbocycles. The number of rotatable bonds is 5. The van der Waals surface area contributed by atoms with E-state index in [4.69, 9.17) is 14.7 Å².